The van der Waals surface area contributed by atoms with Crippen molar-refractivity contribution in [2.75, 3.05) is 25.1 Å². The Kier molecular flexibility index (Phi) is 7.82. The van der Waals surface area contributed by atoms with E-state index in [2.05, 4.69) is 17.4 Å². The Morgan fingerprint density at radius 2 is 1.63 bits per heavy atom. The fraction of sp³-hybridized carbons (Fsp3) is 0.296. The third-order valence-electron chi connectivity index (χ3n) is 5.76. The number of ether oxygens (including phenoxy) is 2. The molecule has 1 aromatic heterocycles. The summed E-state index contributed by atoms with van der Waals surface area (Å²) < 4.78 is 10.4. The smallest absolute Gasteiger partial charge is 0.410 e. The average molecular weight is 493 g/mol. The number of anilines is 1. The normalized spacial score (nSPS) is 12.6. The third kappa shape index (κ3) is 5.71. The molecule has 0 bridgehead atoms. The minimum Gasteiger partial charge on any atom is -0.462 e. The van der Waals surface area contributed by atoms with E-state index in [0.717, 1.165) is 22.4 Å². The van der Waals surface area contributed by atoms with Gasteiger partial charge in [-0.05, 0) is 55.5 Å². The van der Waals surface area contributed by atoms with Crippen LogP contribution in [0, 0.1) is 0 Å². The number of fused-ring (bicyclic) bond motifs is 1. The molecule has 4 rings (SSSR count). The minimum atomic E-state index is -0.469. The van der Waals surface area contributed by atoms with Crippen molar-refractivity contribution in [3.05, 3.63) is 87.3 Å². The number of thiophene rings is 1. The van der Waals surface area contributed by atoms with E-state index in [0.29, 0.717) is 42.2 Å². The van der Waals surface area contributed by atoms with Crippen molar-refractivity contribution in [3.8, 4) is 0 Å². The fourth-order valence-electron chi connectivity index (χ4n) is 4.06. The predicted molar refractivity (Wildman–Crippen MR) is 135 cm³/mol. The van der Waals surface area contributed by atoms with Gasteiger partial charge in [0.05, 0.1) is 25.3 Å². The van der Waals surface area contributed by atoms with Gasteiger partial charge in [0.25, 0.3) is 5.91 Å². The van der Waals surface area contributed by atoms with Crippen molar-refractivity contribution >= 4 is 34.3 Å². The van der Waals surface area contributed by atoms with E-state index in [1.165, 1.54) is 16.9 Å². The van der Waals surface area contributed by atoms with E-state index in [1.807, 2.05) is 30.3 Å². The van der Waals surface area contributed by atoms with Crippen LogP contribution in [0.2, 0.25) is 0 Å². The Labute approximate surface area is 208 Å². The van der Waals surface area contributed by atoms with Gasteiger partial charge in [0, 0.05) is 17.0 Å². The van der Waals surface area contributed by atoms with Gasteiger partial charge in [-0.3, -0.25) is 4.79 Å². The summed E-state index contributed by atoms with van der Waals surface area (Å²) in [5, 5.41) is 3.35. The number of esters is 1. The molecule has 2 heterocycles. The Balaban J connectivity index is 1.53. The highest BCUT2D eigenvalue weighted by Crippen LogP contribution is 2.38. The van der Waals surface area contributed by atoms with Crippen LogP contribution in [-0.2, 0) is 28.9 Å². The van der Waals surface area contributed by atoms with Gasteiger partial charge in [-0.2, -0.15) is 0 Å². The highest BCUT2D eigenvalue weighted by atomic mass is 32.1. The number of nitrogens with zero attached hydrogens (tertiary/aromatic N) is 1. The molecule has 0 unspecified atom stereocenters. The molecule has 0 fully saturated rings. The molecule has 0 spiro atoms. The second-order valence-corrected chi connectivity index (χ2v) is 9.22. The van der Waals surface area contributed by atoms with Gasteiger partial charge in [-0.15, -0.1) is 11.3 Å². The van der Waals surface area contributed by atoms with Gasteiger partial charge in [-0.25, -0.2) is 9.59 Å². The van der Waals surface area contributed by atoms with E-state index < -0.39 is 5.97 Å². The molecule has 8 heteroatoms. The lowest BCUT2D eigenvalue weighted by Gasteiger charge is -2.26. The number of carbonyl (C=O) groups is 3. The van der Waals surface area contributed by atoms with Crippen molar-refractivity contribution in [1.82, 2.24) is 4.90 Å². The second kappa shape index (κ2) is 11.2. The molecule has 0 saturated carbocycles. The largest absolute Gasteiger partial charge is 0.462 e. The van der Waals surface area contributed by atoms with Gasteiger partial charge in [0.15, 0.2) is 0 Å². The zero-order valence-electron chi connectivity index (χ0n) is 19.8. The third-order valence-corrected chi connectivity index (χ3v) is 6.89. The Morgan fingerprint density at radius 1 is 0.943 bits per heavy atom. The molecule has 0 atom stereocenters. The van der Waals surface area contributed by atoms with Gasteiger partial charge in [0.2, 0.25) is 0 Å². The van der Waals surface area contributed by atoms with Gasteiger partial charge >= 0.3 is 12.1 Å². The Morgan fingerprint density at radius 3 is 2.31 bits per heavy atom. The molecule has 0 saturated heterocycles. The molecule has 0 radical (unpaired) electrons. The summed E-state index contributed by atoms with van der Waals surface area (Å²) in [4.78, 5) is 40.5. The number of carbonyl (C=O) groups excluding carboxylic acids is 3. The molecule has 2 amide bonds. The van der Waals surface area contributed by atoms with Crippen molar-refractivity contribution in [2.45, 2.75) is 33.2 Å². The van der Waals surface area contributed by atoms with Gasteiger partial charge in [-0.1, -0.05) is 42.5 Å². The first-order valence-electron chi connectivity index (χ1n) is 11.7. The maximum atomic E-state index is 13.0. The molecular weight excluding hydrogens is 464 g/mol. The van der Waals surface area contributed by atoms with Crippen LogP contribution in [-0.4, -0.2) is 42.6 Å². The zero-order valence-corrected chi connectivity index (χ0v) is 20.7. The maximum absolute atomic E-state index is 13.0. The predicted octanol–water partition coefficient (Wildman–Crippen LogP) is 5.28. The first-order chi connectivity index (χ1) is 17.0. The summed E-state index contributed by atoms with van der Waals surface area (Å²) in [6, 6.07) is 17.6. The van der Waals surface area contributed by atoms with Crippen molar-refractivity contribution in [1.29, 1.82) is 0 Å². The number of rotatable bonds is 7. The average Bonchev–Trinajstić information content (AvgIpc) is 3.22. The first-order valence-corrected chi connectivity index (χ1v) is 12.5. The number of hydrogen-bond acceptors (Lipinski definition) is 6. The standard InChI is InChI=1S/C27H28N2O5S/c1-3-33-26(31)23-21-14-15-29(27(32)34-4-2)17-22(21)35-25(23)28-24(30)20-12-10-19(11-13-20)16-18-8-6-5-7-9-18/h5-13H,3-4,14-17H2,1-2H3,(H,28,30). The molecule has 1 N–H and O–H groups in total. The summed E-state index contributed by atoms with van der Waals surface area (Å²) in [5.41, 5.74) is 4.00. The van der Waals surface area contributed by atoms with E-state index in [-0.39, 0.29) is 18.6 Å². The lowest BCUT2D eigenvalue weighted by atomic mass is 10.0. The summed E-state index contributed by atoms with van der Waals surface area (Å²) >= 11 is 1.30. The first kappa shape index (κ1) is 24.5. The fourth-order valence-corrected chi connectivity index (χ4v) is 5.31. The minimum absolute atomic E-state index is 0.231. The lowest BCUT2D eigenvalue weighted by molar-refractivity contribution is 0.0526. The lowest BCUT2D eigenvalue weighted by Crippen LogP contribution is -2.36. The van der Waals surface area contributed by atoms with Crippen LogP contribution in [0.1, 0.15) is 56.1 Å². The highest BCUT2D eigenvalue weighted by molar-refractivity contribution is 7.17. The van der Waals surface area contributed by atoms with E-state index in [9.17, 15) is 14.4 Å². The number of benzene rings is 2. The number of nitrogens with one attached hydrogen (secondary N) is 1. The monoisotopic (exact) mass is 492 g/mol. The molecule has 2 aromatic carbocycles. The van der Waals surface area contributed by atoms with Crippen LogP contribution in [0.3, 0.4) is 0 Å². The SMILES string of the molecule is CCOC(=O)c1c(NC(=O)c2ccc(Cc3ccccc3)cc2)sc2c1CCN(C(=O)OCC)C2. The topological polar surface area (TPSA) is 84.9 Å². The molecule has 3 aromatic rings. The van der Waals surface area contributed by atoms with Crippen LogP contribution < -0.4 is 5.32 Å². The molecule has 182 valence electrons. The van der Waals surface area contributed by atoms with Crippen LogP contribution in [0.25, 0.3) is 0 Å². The number of amides is 2. The van der Waals surface area contributed by atoms with Crippen LogP contribution in [0.15, 0.2) is 54.6 Å². The van der Waals surface area contributed by atoms with Crippen LogP contribution in [0.4, 0.5) is 9.80 Å². The molecule has 35 heavy (non-hydrogen) atoms. The molecule has 0 aliphatic carbocycles. The quantitative estimate of drug-likeness (QED) is 0.454. The summed E-state index contributed by atoms with van der Waals surface area (Å²) in [5.74, 6) is -0.772. The molecular formula is C27H28N2O5S. The van der Waals surface area contributed by atoms with E-state index >= 15 is 0 Å². The van der Waals surface area contributed by atoms with E-state index in [1.54, 1.807) is 30.9 Å². The van der Waals surface area contributed by atoms with Crippen molar-refractivity contribution < 1.29 is 23.9 Å². The van der Waals surface area contributed by atoms with Gasteiger partial charge in [0.1, 0.15) is 5.00 Å². The van der Waals surface area contributed by atoms with Gasteiger partial charge < -0.3 is 19.7 Å². The van der Waals surface area contributed by atoms with E-state index in [4.69, 9.17) is 9.47 Å². The Hall–Kier alpha value is -3.65. The molecule has 7 nitrogen and oxygen atoms in total. The van der Waals surface area contributed by atoms with Crippen LogP contribution in [0.5, 0.6) is 0 Å². The summed E-state index contributed by atoms with van der Waals surface area (Å²) in [6.07, 6.45) is 0.887. The molecule has 1 aliphatic heterocycles. The summed E-state index contributed by atoms with van der Waals surface area (Å²) in [6.45, 7) is 4.80. The maximum Gasteiger partial charge on any atom is 0.410 e. The van der Waals surface area contributed by atoms with Crippen molar-refractivity contribution in [2.24, 2.45) is 0 Å². The Bertz CT molecular complexity index is 1200. The van der Waals surface area contributed by atoms with Crippen LogP contribution >= 0.6 is 11.3 Å². The number of hydrogen-bond donors (Lipinski definition) is 1. The molecule has 1 aliphatic rings. The summed E-state index contributed by atoms with van der Waals surface area (Å²) in [7, 11) is 0. The highest BCUT2D eigenvalue weighted by Gasteiger charge is 2.31. The second-order valence-electron chi connectivity index (χ2n) is 8.11. The van der Waals surface area contributed by atoms with Crippen molar-refractivity contribution in [3.63, 3.8) is 0 Å². The zero-order chi connectivity index (χ0) is 24.8.